The zero-order chi connectivity index (χ0) is 24.9. The standard InChI is InChI=1S/C26H27FN6O3/c1-32-24-7-6-18(16-22(24)31-26(32)30-21-5-3-2-4-20(21)27)36-19-8-9-28-23(17-19)25(34)29-10-11-33-12-14-35-15-13-33/h2-9,16-17H,10-15H2,1H3,(H,29,34)(H,30,31). The van der Waals surface area contributed by atoms with E-state index in [-0.39, 0.29) is 17.4 Å². The van der Waals surface area contributed by atoms with Crippen LogP contribution in [0.25, 0.3) is 11.0 Å². The van der Waals surface area contributed by atoms with Crippen LogP contribution in [0.1, 0.15) is 10.5 Å². The highest BCUT2D eigenvalue weighted by Gasteiger charge is 2.14. The van der Waals surface area contributed by atoms with Crippen molar-refractivity contribution in [2.75, 3.05) is 44.7 Å². The number of anilines is 2. The number of ether oxygens (including phenoxy) is 2. The molecule has 0 spiro atoms. The molecule has 0 aliphatic carbocycles. The first kappa shape index (κ1) is 23.7. The summed E-state index contributed by atoms with van der Waals surface area (Å²) in [4.78, 5) is 23.6. The minimum atomic E-state index is -0.354. The fourth-order valence-electron chi connectivity index (χ4n) is 4.02. The lowest BCUT2D eigenvalue weighted by molar-refractivity contribution is 0.0383. The summed E-state index contributed by atoms with van der Waals surface area (Å²) < 4.78 is 27.2. The van der Waals surface area contributed by atoms with Crippen LogP contribution < -0.4 is 15.4 Å². The summed E-state index contributed by atoms with van der Waals surface area (Å²) >= 11 is 0. The molecule has 1 aliphatic heterocycles. The normalized spacial score (nSPS) is 14.1. The third-order valence-corrected chi connectivity index (χ3v) is 5.99. The average Bonchev–Trinajstić information content (AvgIpc) is 3.20. The van der Waals surface area contributed by atoms with Gasteiger partial charge >= 0.3 is 0 Å². The van der Waals surface area contributed by atoms with Gasteiger partial charge in [0.15, 0.2) is 0 Å². The van der Waals surface area contributed by atoms with Crippen LogP contribution in [0.15, 0.2) is 60.8 Å². The van der Waals surface area contributed by atoms with E-state index >= 15 is 0 Å². The van der Waals surface area contributed by atoms with Crippen LogP contribution in [0, 0.1) is 5.82 Å². The molecule has 0 unspecified atom stereocenters. The molecule has 3 heterocycles. The molecule has 0 bridgehead atoms. The highest BCUT2D eigenvalue weighted by Crippen LogP contribution is 2.28. The number of hydrogen-bond donors (Lipinski definition) is 2. The molecule has 186 valence electrons. The zero-order valence-corrected chi connectivity index (χ0v) is 19.9. The summed E-state index contributed by atoms with van der Waals surface area (Å²) in [5.74, 6) is 0.948. The Balaban J connectivity index is 1.25. The molecule has 9 nitrogen and oxygen atoms in total. The maximum atomic E-state index is 14.1. The lowest BCUT2D eigenvalue weighted by Gasteiger charge is -2.26. The first-order chi connectivity index (χ1) is 17.6. The van der Waals surface area contributed by atoms with Gasteiger partial charge in [-0.1, -0.05) is 12.1 Å². The Labute approximate surface area is 207 Å². The van der Waals surface area contributed by atoms with Gasteiger partial charge < -0.3 is 24.7 Å². The van der Waals surface area contributed by atoms with Crippen molar-refractivity contribution in [2.45, 2.75) is 0 Å². The van der Waals surface area contributed by atoms with Crippen LogP contribution in [-0.2, 0) is 11.8 Å². The van der Waals surface area contributed by atoms with Crippen LogP contribution in [0.4, 0.5) is 16.0 Å². The van der Waals surface area contributed by atoms with E-state index in [4.69, 9.17) is 9.47 Å². The molecule has 5 rings (SSSR count). The predicted octanol–water partition coefficient (Wildman–Crippen LogP) is 3.71. The number of amides is 1. The van der Waals surface area contributed by atoms with Crippen LogP contribution >= 0.6 is 0 Å². The zero-order valence-electron chi connectivity index (χ0n) is 19.9. The van der Waals surface area contributed by atoms with Gasteiger partial charge in [-0.15, -0.1) is 0 Å². The van der Waals surface area contributed by atoms with Gasteiger partial charge in [-0.2, -0.15) is 0 Å². The third-order valence-electron chi connectivity index (χ3n) is 5.99. The van der Waals surface area contributed by atoms with E-state index in [2.05, 4.69) is 25.5 Å². The van der Waals surface area contributed by atoms with Crippen molar-refractivity contribution < 1.29 is 18.7 Å². The van der Waals surface area contributed by atoms with Crippen molar-refractivity contribution in [1.82, 2.24) is 24.8 Å². The van der Waals surface area contributed by atoms with Crippen molar-refractivity contribution >= 4 is 28.6 Å². The monoisotopic (exact) mass is 490 g/mol. The molecule has 2 aromatic carbocycles. The summed E-state index contributed by atoms with van der Waals surface area (Å²) in [5, 5.41) is 5.94. The van der Waals surface area contributed by atoms with Crippen LogP contribution in [0.3, 0.4) is 0 Å². The number of benzene rings is 2. The summed E-state index contributed by atoms with van der Waals surface area (Å²) in [7, 11) is 1.85. The fourth-order valence-corrected chi connectivity index (χ4v) is 4.02. The van der Waals surface area contributed by atoms with Crippen molar-refractivity contribution in [3.63, 3.8) is 0 Å². The molecule has 4 aromatic rings. The van der Waals surface area contributed by atoms with Gasteiger partial charge in [0, 0.05) is 51.6 Å². The quantitative estimate of drug-likeness (QED) is 0.389. The topological polar surface area (TPSA) is 93.5 Å². The molecular formula is C26H27FN6O3. The van der Waals surface area contributed by atoms with Gasteiger partial charge in [0.25, 0.3) is 5.91 Å². The number of rotatable bonds is 8. The Hall–Kier alpha value is -4.02. The number of aryl methyl sites for hydroxylation is 1. The number of morpholine rings is 1. The van der Waals surface area contributed by atoms with E-state index in [0.717, 1.165) is 38.4 Å². The molecule has 0 saturated carbocycles. The number of imidazole rings is 1. The van der Waals surface area contributed by atoms with Gasteiger partial charge in [-0.25, -0.2) is 9.37 Å². The molecule has 1 fully saturated rings. The second-order valence-electron chi connectivity index (χ2n) is 8.44. The van der Waals surface area contributed by atoms with Gasteiger partial charge in [-0.3, -0.25) is 14.7 Å². The molecule has 2 aromatic heterocycles. The maximum absolute atomic E-state index is 14.1. The lowest BCUT2D eigenvalue weighted by Crippen LogP contribution is -2.41. The Morgan fingerprint density at radius 2 is 1.92 bits per heavy atom. The molecule has 0 radical (unpaired) electrons. The smallest absolute Gasteiger partial charge is 0.270 e. The molecule has 0 atom stereocenters. The Morgan fingerprint density at radius 1 is 1.11 bits per heavy atom. The van der Waals surface area contributed by atoms with Gasteiger partial charge in [0.1, 0.15) is 23.0 Å². The fraction of sp³-hybridized carbons (Fsp3) is 0.269. The van der Waals surface area contributed by atoms with Crippen molar-refractivity contribution in [3.8, 4) is 11.5 Å². The SMILES string of the molecule is Cn1c(Nc2ccccc2F)nc2cc(Oc3ccnc(C(=O)NCCN4CCOCC4)c3)ccc21. The van der Waals surface area contributed by atoms with Crippen molar-refractivity contribution in [2.24, 2.45) is 7.05 Å². The van der Waals surface area contributed by atoms with Gasteiger partial charge in [0.05, 0.1) is 29.9 Å². The van der Waals surface area contributed by atoms with Crippen molar-refractivity contribution in [3.05, 3.63) is 72.3 Å². The molecule has 1 amide bonds. The predicted molar refractivity (Wildman–Crippen MR) is 134 cm³/mol. The average molecular weight is 491 g/mol. The third kappa shape index (κ3) is 5.45. The van der Waals surface area contributed by atoms with E-state index in [1.165, 1.54) is 6.07 Å². The Morgan fingerprint density at radius 3 is 2.75 bits per heavy atom. The number of para-hydroxylation sites is 1. The molecule has 10 heteroatoms. The number of carbonyl (C=O) groups excluding carboxylic acids is 1. The number of hydrogen-bond acceptors (Lipinski definition) is 7. The number of nitrogens with zero attached hydrogens (tertiary/aromatic N) is 4. The van der Waals surface area contributed by atoms with E-state index in [1.54, 1.807) is 42.6 Å². The van der Waals surface area contributed by atoms with Crippen LogP contribution in [-0.4, -0.2) is 64.7 Å². The highest BCUT2D eigenvalue weighted by molar-refractivity contribution is 5.92. The summed E-state index contributed by atoms with van der Waals surface area (Å²) in [6, 6.07) is 15.2. The summed E-state index contributed by atoms with van der Waals surface area (Å²) in [6.45, 7) is 4.50. The molecule has 1 aliphatic rings. The lowest BCUT2D eigenvalue weighted by atomic mass is 10.3. The number of pyridine rings is 1. The van der Waals surface area contributed by atoms with Gasteiger partial charge in [0.2, 0.25) is 5.95 Å². The minimum Gasteiger partial charge on any atom is -0.457 e. The number of carbonyl (C=O) groups is 1. The molecule has 36 heavy (non-hydrogen) atoms. The number of aromatic nitrogens is 3. The van der Waals surface area contributed by atoms with E-state index < -0.39 is 0 Å². The molecule has 1 saturated heterocycles. The largest absolute Gasteiger partial charge is 0.457 e. The molecule has 2 N–H and O–H groups in total. The van der Waals surface area contributed by atoms with Gasteiger partial charge in [-0.05, 0) is 30.3 Å². The molecular weight excluding hydrogens is 463 g/mol. The second kappa shape index (κ2) is 10.7. The van der Waals surface area contributed by atoms with Crippen LogP contribution in [0.5, 0.6) is 11.5 Å². The van der Waals surface area contributed by atoms with E-state index in [0.29, 0.717) is 35.2 Å². The van der Waals surface area contributed by atoms with E-state index in [9.17, 15) is 9.18 Å². The minimum absolute atomic E-state index is 0.252. The number of halogens is 1. The summed E-state index contributed by atoms with van der Waals surface area (Å²) in [5.41, 5.74) is 2.17. The first-order valence-electron chi connectivity index (χ1n) is 11.8. The summed E-state index contributed by atoms with van der Waals surface area (Å²) in [6.07, 6.45) is 1.54. The Bertz CT molecular complexity index is 1370. The van der Waals surface area contributed by atoms with Crippen LogP contribution in [0.2, 0.25) is 0 Å². The number of nitrogens with one attached hydrogen (secondary N) is 2. The Kier molecular flexibility index (Phi) is 7.06. The van der Waals surface area contributed by atoms with Crippen molar-refractivity contribution in [1.29, 1.82) is 0 Å². The number of fused-ring (bicyclic) bond motifs is 1. The first-order valence-corrected chi connectivity index (χ1v) is 11.8. The van der Waals surface area contributed by atoms with E-state index in [1.807, 2.05) is 23.7 Å². The second-order valence-corrected chi connectivity index (χ2v) is 8.44. The highest BCUT2D eigenvalue weighted by atomic mass is 19.1. The maximum Gasteiger partial charge on any atom is 0.270 e.